The quantitative estimate of drug-likeness (QED) is 0.542. The van der Waals surface area contributed by atoms with Gasteiger partial charge in [-0.25, -0.2) is 0 Å². The molecule has 1 heteroatoms. The van der Waals surface area contributed by atoms with Gasteiger partial charge < -0.3 is 5.11 Å². The molecule has 0 unspecified atom stereocenters. The van der Waals surface area contributed by atoms with Crippen LogP contribution in [-0.2, 0) is 11.8 Å². The minimum absolute atomic E-state index is 0.212. The molecule has 0 aromatic heterocycles. The van der Waals surface area contributed by atoms with Crippen molar-refractivity contribution in [3.05, 3.63) is 65.7 Å². The van der Waals surface area contributed by atoms with Crippen LogP contribution in [0, 0.1) is 0 Å². The molecule has 1 saturated carbocycles. The van der Waals surface area contributed by atoms with Gasteiger partial charge >= 0.3 is 0 Å². The molecular formula is C23H22O. The van der Waals surface area contributed by atoms with Crippen LogP contribution in [0.25, 0.3) is 21.9 Å². The minimum atomic E-state index is 0.212. The molecule has 0 saturated heterocycles. The van der Waals surface area contributed by atoms with Gasteiger partial charge in [0.05, 0.1) is 0 Å². The first-order valence-corrected chi connectivity index (χ1v) is 9.12. The number of rotatable bonds is 0. The average Bonchev–Trinajstić information content (AvgIpc) is 2.63. The predicted octanol–water partition coefficient (Wildman–Crippen LogP) is 5.97. The van der Waals surface area contributed by atoms with Gasteiger partial charge in [-0.2, -0.15) is 0 Å². The number of hydrogen-bond donors (Lipinski definition) is 1. The third-order valence-corrected chi connectivity index (χ3v) is 6.22. The van der Waals surface area contributed by atoms with Gasteiger partial charge in [0.2, 0.25) is 0 Å². The molecule has 2 aliphatic carbocycles. The van der Waals surface area contributed by atoms with Gasteiger partial charge in [-0.1, -0.05) is 67.8 Å². The molecule has 5 rings (SSSR count). The monoisotopic (exact) mass is 314 g/mol. The van der Waals surface area contributed by atoms with Gasteiger partial charge in [0.25, 0.3) is 0 Å². The lowest BCUT2D eigenvalue weighted by atomic mass is 9.60. The maximum absolute atomic E-state index is 10.7. The van der Waals surface area contributed by atoms with Crippen molar-refractivity contribution in [2.75, 3.05) is 0 Å². The third-order valence-electron chi connectivity index (χ3n) is 6.22. The molecule has 0 radical (unpaired) electrons. The van der Waals surface area contributed by atoms with Crippen molar-refractivity contribution in [2.45, 2.75) is 43.9 Å². The molecule has 1 fully saturated rings. The summed E-state index contributed by atoms with van der Waals surface area (Å²) in [6.07, 6.45) is 7.55. The lowest BCUT2D eigenvalue weighted by molar-refractivity contribution is 0.288. The molecule has 1 spiro atoms. The molecule has 1 nitrogen and oxygen atoms in total. The van der Waals surface area contributed by atoms with Gasteiger partial charge in [0.1, 0.15) is 5.75 Å². The Morgan fingerprint density at radius 2 is 1.50 bits per heavy atom. The number of phenols is 1. The first kappa shape index (κ1) is 14.1. The fourth-order valence-corrected chi connectivity index (χ4v) is 5.12. The van der Waals surface area contributed by atoms with Crippen LogP contribution >= 0.6 is 0 Å². The van der Waals surface area contributed by atoms with Crippen molar-refractivity contribution in [3.63, 3.8) is 0 Å². The van der Waals surface area contributed by atoms with E-state index in [4.69, 9.17) is 0 Å². The van der Waals surface area contributed by atoms with Crippen molar-refractivity contribution in [3.8, 4) is 16.9 Å². The van der Waals surface area contributed by atoms with E-state index in [-0.39, 0.29) is 5.41 Å². The predicted molar refractivity (Wildman–Crippen MR) is 99.5 cm³/mol. The van der Waals surface area contributed by atoms with Crippen LogP contribution in [0.5, 0.6) is 5.75 Å². The summed E-state index contributed by atoms with van der Waals surface area (Å²) in [6, 6.07) is 19.3. The largest absolute Gasteiger partial charge is 0.507 e. The smallest absolute Gasteiger partial charge is 0.123 e. The standard InChI is InChI=1S/C23H22O/c24-21-14-20-22(19-11-5-4-10-18(19)21)17-9-3-2-8-16(17)15-23(20)12-6-1-7-13-23/h2-5,8-11,14,24H,1,6-7,12-13,15H2. The normalized spacial score (nSPS) is 18.3. The van der Waals surface area contributed by atoms with E-state index >= 15 is 0 Å². The first-order chi connectivity index (χ1) is 11.8. The van der Waals surface area contributed by atoms with E-state index in [1.54, 1.807) is 0 Å². The van der Waals surface area contributed by atoms with E-state index in [1.165, 1.54) is 59.7 Å². The van der Waals surface area contributed by atoms with E-state index in [0.717, 1.165) is 11.8 Å². The highest BCUT2D eigenvalue weighted by molar-refractivity contribution is 6.03. The number of phenolic OH excluding ortho intramolecular Hbond substituents is 1. The Hall–Kier alpha value is -2.28. The van der Waals surface area contributed by atoms with E-state index < -0.39 is 0 Å². The van der Waals surface area contributed by atoms with Gasteiger partial charge in [0.15, 0.2) is 0 Å². The highest BCUT2D eigenvalue weighted by Crippen LogP contribution is 2.53. The lowest BCUT2D eigenvalue weighted by Crippen LogP contribution is -2.34. The second-order valence-electron chi connectivity index (χ2n) is 7.54. The summed E-state index contributed by atoms with van der Waals surface area (Å²) in [5.41, 5.74) is 5.80. The van der Waals surface area contributed by atoms with Crippen LogP contribution in [0.15, 0.2) is 54.6 Å². The Kier molecular flexibility index (Phi) is 3.00. The van der Waals surface area contributed by atoms with Crippen molar-refractivity contribution < 1.29 is 5.11 Å². The second kappa shape index (κ2) is 5.11. The summed E-state index contributed by atoms with van der Waals surface area (Å²) in [5.74, 6) is 0.439. The maximum atomic E-state index is 10.7. The van der Waals surface area contributed by atoms with Crippen LogP contribution in [0.4, 0.5) is 0 Å². The molecule has 120 valence electrons. The summed E-state index contributed by atoms with van der Waals surface area (Å²) in [6.45, 7) is 0. The van der Waals surface area contributed by atoms with E-state index in [1.807, 2.05) is 12.1 Å². The average molecular weight is 314 g/mol. The number of benzene rings is 3. The number of hydrogen-bond acceptors (Lipinski definition) is 1. The molecule has 1 N–H and O–H groups in total. The molecule has 0 aliphatic heterocycles. The van der Waals surface area contributed by atoms with Gasteiger partial charge in [0, 0.05) is 10.8 Å². The molecule has 24 heavy (non-hydrogen) atoms. The molecule has 0 atom stereocenters. The lowest BCUT2D eigenvalue weighted by Gasteiger charge is -2.43. The van der Waals surface area contributed by atoms with Crippen molar-refractivity contribution in [1.29, 1.82) is 0 Å². The van der Waals surface area contributed by atoms with Crippen molar-refractivity contribution in [1.82, 2.24) is 0 Å². The van der Waals surface area contributed by atoms with Gasteiger partial charge in [-0.15, -0.1) is 0 Å². The molecule has 3 aromatic rings. The Balaban J connectivity index is 1.91. The van der Waals surface area contributed by atoms with Crippen LogP contribution in [0.3, 0.4) is 0 Å². The van der Waals surface area contributed by atoms with Crippen LogP contribution in [0.1, 0.15) is 43.2 Å². The zero-order valence-corrected chi connectivity index (χ0v) is 13.9. The summed E-state index contributed by atoms with van der Waals surface area (Å²) in [4.78, 5) is 0. The Bertz CT molecular complexity index is 932. The zero-order valence-electron chi connectivity index (χ0n) is 13.9. The molecule has 0 amide bonds. The fourth-order valence-electron chi connectivity index (χ4n) is 5.12. The molecule has 0 bridgehead atoms. The number of aromatic hydroxyl groups is 1. The summed E-state index contributed by atoms with van der Waals surface area (Å²) >= 11 is 0. The Morgan fingerprint density at radius 3 is 2.33 bits per heavy atom. The summed E-state index contributed by atoms with van der Waals surface area (Å²) in [7, 11) is 0. The SMILES string of the molecule is Oc1cc2c(c3ccccc13)-c1ccccc1CC21CCCCC1. The summed E-state index contributed by atoms with van der Waals surface area (Å²) < 4.78 is 0. The second-order valence-corrected chi connectivity index (χ2v) is 7.54. The van der Waals surface area contributed by atoms with Crippen LogP contribution in [-0.4, -0.2) is 5.11 Å². The molecule has 2 aliphatic rings. The van der Waals surface area contributed by atoms with E-state index in [9.17, 15) is 5.11 Å². The zero-order chi connectivity index (χ0) is 16.1. The van der Waals surface area contributed by atoms with Crippen LogP contribution < -0.4 is 0 Å². The molecular weight excluding hydrogens is 292 g/mol. The molecule has 3 aromatic carbocycles. The topological polar surface area (TPSA) is 20.2 Å². The Labute approximate surface area is 143 Å². The number of fused-ring (bicyclic) bond motifs is 6. The third kappa shape index (κ3) is 1.87. The van der Waals surface area contributed by atoms with E-state index in [2.05, 4.69) is 42.5 Å². The van der Waals surface area contributed by atoms with Crippen molar-refractivity contribution in [2.24, 2.45) is 0 Å². The highest BCUT2D eigenvalue weighted by Gasteiger charge is 2.40. The fraction of sp³-hybridized carbons (Fsp3) is 0.304. The van der Waals surface area contributed by atoms with E-state index in [0.29, 0.717) is 5.75 Å². The Morgan fingerprint density at radius 1 is 0.792 bits per heavy atom. The van der Waals surface area contributed by atoms with Gasteiger partial charge in [-0.3, -0.25) is 0 Å². The van der Waals surface area contributed by atoms with Gasteiger partial charge in [-0.05, 0) is 53.0 Å². The minimum Gasteiger partial charge on any atom is -0.507 e. The first-order valence-electron chi connectivity index (χ1n) is 9.12. The summed E-state index contributed by atoms with van der Waals surface area (Å²) in [5, 5.41) is 12.9. The maximum Gasteiger partial charge on any atom is 0.123 e. The van der Waals surface area contributed by atoms with Crippen LogP contribution in [0.2, 0.25) is 0 Å². The van der Waals surface area contributed by atoms with Crippen molar-refractivity contribution >= 4 is 10.8 Å². The molecule has 0 heterocycles. The highest BCUT2D eigenvalue weighted by atomic mass is 16.3.